The number of ether oxygens (including phenoxy) is 1. The first-order valence-electron chi connectivity index (χ1n) is 9.47. The lowest BCUT2D eigenvalue weighted by atomic mass is 9.98. The Morgan fingerprint density at radius 3 is 2.50 bits per heavy atom. The molecule has 2 rings (SSSR count). The zero-order valence-electron chi connectivity index (χ0n) is 16.1. The second kappa shape index (κ2) is 8.04. The summed E-state index contributed by atoms with van der Waals surface area (Å²) in [5, 5.41) is 0. The van der Waals surface area contributed by atoms with Crippen molar-refractivity contribution in [2.24, 2.45) is 0 Å². The van der Waals surface area contributed by atoms with E-state index in [1.165, 1.54) is 30.4 Å². The largest absolute Gasteiger partial charge is 0.443 e. The fourth-order valence-electron chi connectivity index (χ4n) is 3.40. The van der Waals surface area contributed by atoms with E-state index in [-0.39, 0.29) is 6.09 Å². The Balaban J connectivity index is 2.46. The summed E-state index contributed by atoms with van der Waals surface area (Å²) in [7, 11) is 0. The minimum Gasteiger partial charge on any atom is -0.443 e. The van der Waals surface area contributed by atoms with Crippen molar-refractivity contribution in [2.45, 2.75) is 91.6 Å². The third-order valence-corrected chi connectivity index (χ3v) is 4.50. The van der Waals surface area contributed by atoms with E-state index in [1.54, 1.807) is 0 Å². The molecule has 24 heavy (non-hydrogen) atoms. The normalized spacial score (nSPS) is 17.8. The summed E-state index contributed by atoms with van der Waals surface area (Å²) in [5.74, 6) is 0. The summed E-state index contributed by atoms with van der Waals surface area (Å²) in [6.07, 6.45) is 11.4. The van der Waals surface area contributed by atoms with Gasteiger partial charge in [0.05, 0.1) is 0 Å². The van der Waals surface area contributed by atoms with Gasteiger partial charge in [0, 0.05) is 11.4 Å². The summed E-state index contributed by atoms with van der Waals surface area (Å²) in [4.78, 5) is 12.7. The number of fused-ring (bicyclic) bond motifs is 1. The van der Waals surface area contributed by atoms with Crippen LogP contribution in [0.1, 0.15) is 89.6 Å². The van der Waals surface area contributed by atoms with Crippen LogP contribution in [0.5, 0.6) is 0 Å². The highest BCUT2D eigenvalue weighted by Crippen LogP contribution is 2.32. The Hall–Kier alpha value is -1.51. The number of unbranched alkanes of at least 4 members (excludes halogenated alkanes) is 1. The molecule has 0 spiro atoms. The van der Waals surface area contributed by atoms with Gasteiger partial charge in [-0.15, -0.1) is 0 Å². The maximum absolute atomic E-state index is 12.7. The molecule has 3 heteroatoms. The molecule has 0 saturated heterocycles. The molecule has 0 atom stereocenters. The zero-order chi connectivity index (χ0) is 17.7. The number of carbonyl (C=O) groups excluding carboxylic acids is 1. The standard InChI is InChI=1S/C21H33NO2/c1-6-7-12-17-13-10-8-9-11-14-19-18(17)15-16(2)22(19)20(23)24-21(3,4)5/h12,15H,6-11,13-14H2,1-5H3/b17-12+. The molecule has 134 valence electrons. The smallest absolute Gasteiger partial charge is 0.418 e. The van der Waals surface area contributed by atoms with Crippen molar-refractivity contribution >= 4 is 11.7 Å². The van der Waals surface area contributed by atoms with E-state index < -0.39 is 5.60 Å². The number of hydrogen-bond acceptors (Lipinski definition) is 2. The lowest BCUT2D eigenvalue weighted by molar-refractivity contribution is 0.0530. The highest BCUT2D eigenvalue weighted by molar-refractivity contribution is 5.78. The van der Waals surface area contributed by atoms with Crippen LogP contribution in [0.4, 0.5) is 4.79 Å². The Bertz CT molecular complexity index is 602. The first-order valence-corrected chi connectivity index (χ1v) is 9.47. The predicted octanol–water partition coefficient (Wildman–Crippen LogP) is 6.27. The van der Waals surface area contributed by atoms with E-state index in [1.807, 2.05) is 32.3 Å². The molecule has 3 nitrogen and oxygen atoms in total. The fraction of sp³-hybridized carbons (Fsp3) is 0.667. The molecule has 0 aromatic carbocycles. The second-order valence-electron chi connectivity index (χ2n) is 7.89. The average Bonchev–Trinajstić information content (AvgIpc) is 2.83. The van der Waals surface area contributed by atoms with E-state index in [0.717, 1.165) is 43.5 Å². The van der Waals surface area contributed by atoms with Gasteiger partial charge in [0.2, 0.25) is 0 Å². The van der Waals surface area contributed by atoms with Gasteiger partial charge >= 0.3 is 6.09 Å². The van der Waals surface area contributed by atoms with Crippen LogP contribution < -0.4 is 0 Å². The molecule has 0 N–H and O–H groups in total. The maximum atomic E-state index is 12.7. The van der Waals surface area contributed by atoms with Crippen molar-refractivity contribution in [1.29, 1.82) is 0 Å². The quantitative estimate of drug-likeness (QED) is 0.639. The Kier molecular flexibility index (Phi) is 6.31. The van der Waals surface area contributed by atoms with E-state index >= 15 is 0 Å². The van der Waals surface area contributed by atoms with Gasteiger partial charge in [0.1, 0.15) is 5.60 Å². The lowest BCUT2D eigenvalue weighted by Crippen LogP contribution is -2.28. The molecule has 1 heterocycles. The van der Waals surface area contributed by atoms with Crippen molar-refractivity contribution in [2.75, 3.05) is 0 Å². The number of aryl methyl sites for hydroxylation is 1. The molecule has 0 unspecified atom stereocenters. The number of rotatable bonds is 2. The zero-order valence-corrected chi connectivity index (χ0v) is 16.1. The molecule has 1 aliphatic rings. The van der Waals surface area contributed by atoms with Gasteiger partial charge in [-0.3, -0.25) is 4.57 Å². The highest BCUT2D eigenvalue weighted by Gasteiger charge is 2.24. The van der Waals surface area contributed by atoms with Crippen molar-refractivity contribution in [1.82, 2.24) is 4.57 Å². The fourth-order valence-corrected chi connectivity index (χ4v) is 3.40. The van der Waals surface area contributed by atoms with Crippen LogP contribution in [-0.2, 0) is 11.2 Å². The number of allylic oxidation sites excluding steroid dienone is 2. The second-order valence-corrected chi connectivity index (χ2v) is 7.89. The SMILES string of the molecule is CCC/C=C1\CCCCCCc2c1cc(C)n2C(=O)OC(C)(C)C. The molecule has 0 radical (unpaired) electrons. The van der Waals surface area contributed by atoms with Crippen LogP contribution in [0.15, 0.2) is 12.1 Å². The number of aromatic nitrogens is 1. The Morgan fingerprint density at radius 1 is 1.21 bits per heavy atom. The van der Waals surface area contributed by atoms with Crippen LogP contribution in [-0.4, -0.2) is 16.3 Å². The van der Waals surface area contributed by atoms with Gasteiger partial charge in [0.25, 0.3) is 0 Å². The van der Waals surface area contributed by atoms with E-state index in [4.69, 9.17) is 4.74 Å². The summed E-state index contributed by atoms with van der Waals surface area (Å²) in [6, 6.07) is 2.19. The van der Waals surface area contributed by atoms with E-state index in [0.29, 0.717) is 0 Å². The molecule has 1 aliphatic carbocycles. The molecular weight excluding hydrogens is 298 g/mol. The van der Waals surface area contributed by atoms with Gasteiger partial charge in [0.15, 0.2) is 0 Å². The molecular formula is C21H33NO2. The Morgan fingerprint density at radius 2 is 1.88 bits per heavy atom. The van der Waals surface area contributed by atoms with Gasteiger partial charge in [-0.1, -0.05) is 32.3 Å². The summed E-state index contributed by atoms with van der Waals surface area (Å²) >= 11 is 0. The summed E-state index contributed by atoms with van der Waals surface area (Å²) < 4.78 is 7.46. The maximum Gasteiger partial charge on any atom is 0.418 e. The highest BCUT2D eigenvalue weighted by atomic mass is 16.6. The van der Waals surface area contributed by atoms with Crippen molar-refractivity contribution < 1.29 is 9.53 Å². The molecule has 1 aromatic rings. The molecule has 0 aliphatic heterocycles. The minimum atomic E-state index is -0.472. The first kappa shape index (κ1) is 18.8. The number of hydrogen-bond donors (Lipinski definition) is 0. The number of carbonyl (C=O) groups is 1. The third kappa shape index (κ3) is 4.75. The molecule has 0 fully saturated rings. The van der Waals surface area contributed by atoms with Crippen molar-refractivity contribution in [3.8, 4) is 0 Å². The van der Waals surface area contributed by atoms with E-state index in [9.17, 15) is 4.79 Å². The molecule has 0 bridgehead atoms. The van der Waals surface area contributed by atoms with Crippen LogP contribution in [0, 0.1) is 6.92 Å². The average molecular weight is 332 g/mol. The number of nitrogens with zero attached hydrogens (tertiary/aromatic N) is 1. The molecule has 1 aromatic heterocycles. The lowest BCUT2D eigenvalue weighted by Gasteiger charge is -2.21. The first-order chi connectivity index (χ1) is 11.3. The van der Waals surface area contributed by atoms with E-state index in [2.05, 4.69) is 19.1 Å². The van der Waals surface area contributed by atoms with Crippen LogP contribution in [0.3, 0.4) is 0 Å². The summed E-state index contributed by atoms with van der Waals surface area (Å²) in [5.41, 5.74) is 4.34. The topological polar surface area (TPSA) is 31.2 Å². The van der Waals surface area contributed by atoms with Gasteiger partial charge in [-0.2, -0.15) is 0 Å². The van der Waals surface area contributed by atoms with Gasteiger partial charge < -0.3 is 4.74 Å². The van der Waals surface area contributed by atoms with Crippen molar-refractivity contribution in [3.63, 3.8) is 0 Å². The summed E-state index contributed by atoms with van der Waals surface area (Å²) in [6.45, 7) is 9.99. The van der Waals surface area contributed by atoms with Crippen LogP contribution in [0.2, 0.25) is 0 Å². The Labute approximate surface area is 147 Å². The van der Waals surface area contributed by atoms with Crippen molar-refractivity contribution in [3.05, 3.63) is 29.1 Å². The van der Waals surface area contributed by atoms with Crippen LogP contribution in [0.25, 0.3) is 5.57 Å². The molecule has 0 saturated carbocycles. The molecule has 0 amide bonds. The van der Waals surface area contributed by atoms with Crippen LogP contribution >= 0.6 is 0 Å². The van der Waals surface area contributed by atoms with Gasteiger partial charge in [-0.05, 0) is 77.0 Å². The third-order valence-electron chi connectivity index (χ3n) is 4.50. The predicted molar refractivity (Wildman–Crippen MR) is 100 cm³/mol. The minimum absolute atomic E-state index is 0.240. The van der Waals surface area contributed by atoms with Gasteiger partial charge in [-0.25, -0.2) is 4.79 Å². The monoisotopic (exact) mass is 331 g/mol.